The zero-order valence-corrected chi connectivity index (χ0v) is 12.9. The fourth-order valence-corrected chi connectivity index (χ4v) is 3.00. The predicted octanol–water partition coefficient (Wildman–Crippen LogP) is 2.05. The Bertz CT molecular complexity index is 493. The van der Waals surface area contributed by atoms with Crippen molar-refractivity contribution in [2.75, 3.05) is 13.1 Å². The number of carboxylic acids is 1. The van der Waals surface area contributed by atoms with E-state index in [0.717, 1.165) is 38.2 Å². The molecule has 0 aromatic carbocycles. The fraction of sp³-hybridized carbons (Fsp3) is 0.733. The number of carboxylic acid groups (broad SMARTS) is 1. The maximum absolute atomic E-state index is 11.4. The summed E-state index contributed by atoms with van der Waals surface area (Å²) in [5, 5.41) is 13.8. The number of hydrogen-bond acceptors (Lipinski definition) is 3. The van der Waals surface area contributed by atoms with E-state index in [0.29, 0.717) is 0 Å². The molecule has 0 aliphatic carbocycles. The molecule has 1 aliphatic rings. The van der Waals surface area contributed by atoms with Gasteiger partial charge >= 0.3 is 5.97 Å². The number of aryl methyl sites for hydroxylation is 2. The topological polar surface area (TPSA) is 58.4 Å². The highest BCUT2D eigenvalue weighted by Gasteiger charge is 2.39. The van der Waals surface area contributed by atoms with Crippen LogP contribution in [0, 0.1) is 18.3 Å². The molecule has 0 amide bonds. The van der Waals surface area contributed by atoms with Gasteiger partial charge in [0.05, 0.1) is 16.8 Å². The largest absolute Gasteiger partial charge is 0.481 e. The maximum Gasteiger partial charge on any atom is 0.309 e. The summed E-state index contributed by atoms with van der Waals surface area (Å²) in [5.74, 6) is -0.483. The van der Waals surface area contributed by atoms with E-state index in [-0.39, 0.29) is 5.92 Å². The Labute approximate surface area is 120 Å². The van der Waals surface area contributed by atoms with E-state index in [1.807, 2.05) is 32.5 Å². The molecular weight excluding hydrogens is 254 g/mol. The van der Waals surface area contributed by atoms with Crippen molar-refractivity contribution in [3.63, 3.8) is 0 Å². The van der Waals surface area contributed by atoms with Crippen LogP contribution in [0.15, 0.2) is 6.07 Å². The number of hydrogen-bond donors (Lipinski definition) is 1. The van der Waals surface area contributed by atoms with Crippen molar-refractivity contribution in [2.24, 2.45) is 18.4 Å². The van der Waals surface area contributed by atoms with Gasteiger partial charge in [0.15, 0.2) is 0 Å². The lowest BCUT2D eigenvalue weighted by atomic mass is 9.74. The Kier molecular flexibility index (Phi) is 4.18. The van der Waals surface area contributed by atoms with Crippen LogP contribution in [0.3, 0.4) is 0 Å². The van der Waals surface area contributed by atoms with E-state index in [4.69, 9.17) is 0 Å². The van der Waals surface area contributed by atoms with Crippen LogP contribution in [0.5, 0.6) is 0 Å². The molecule has 1 aliphatic heterocycles. The van der Waals surface area contributed by atoms with Crippen molar-refractivity contribution >= 4 is 5.97 Å². The van der Waals surface area contributed by atoms with Gasteiger partial charge in [-0.1, -0.05) is 0 Å². The van der Waals surface area contributed by atoms with Crippen LogP contribution in [-0.2, 0) is 18.4 Å². The highest BCUT2D eigenvalue weighted by molar-refractivity contribution is 5.74. The molecule has 1 aromatic rings. The number of carbonyl (C=O) groups is 1. The third-order valence-corrected chi connectivity index (χ3v) is 4.56. The molecule has 0 bridgehead atoms. The Balaban J connectivity index is 2.04. The molecule has 1 atom stereocenters. The zero-order valence-electron chi connectivity index (χ0n) is 12.9. The van der Waals surface area contributed by atoms with Crippen molar-refractivity contribution < 1.29 is 9.90 Å². The Morgan fingerprint density at radius 2 is 2.25 bits per heavy atom. The molecule has 2 rings (SSSR count). The first-order chi connectivity index (χ1) is 9.30. The van der Waals surface area contributed by atoms with Crippen molar-refractivity contribution in [2.45, 2.75) is 40.2 Å². The lowest BCUT2D eigenvalue weighted by Gasteiger charge is -2.39. The minimum absolute atomic E-state index is 0.211. The third kappa shape index (κ3) is 3.03. The second-order valence-corrected chi connectivity index (χ2v) is 6.50. The first-order valence-electron chi connectivity index (χ1n) is 7.26. The summed E-state index contributed by atoms with van der Waals surface area (Å²) in [6.07, 6.45) is 2.07. The molecule has 1 unspecified atom stereocenters. The smallest absolute Gasteiger partial charge is 0.309 e. The average molecular weight is 279 g/mol. The van der Waals surface area contributed by atoms with E-state index in [1.165, 1.54) is 5.69 Å². The second kappa shape index (κ2) is 5.56. The monoisotopic (exact) mass is 279 g/mol. The van der Waals surface area contributed by atoms with E-state index < -0.39 is 11.4 Å². The van der Waals surface area contributed by atoms with Gasteiger partial charge in [0, 0.05) is 20.1 Å². The van der Waals surface area contributed by atoms with Crippen molar-refractivity contribution in [1.29, 1.82) is 0 Å². The van der Waals surface area contributed by atoms with Gasteiger partial charge in [0.25, 0.3) is 0 Å². The molecule has 0 saturated carbocycles. The zero-order chi connectivity index (χ0) is 14.9. The number of aliphatic carboxylic acids is 1. The molecule has 5 nitrogen and oxygen atoms in total. The quantitative estimate of drug-likeness (QED) is 0.916. The van der Waals surface area contributed by atoms with Gasteiger partial charge in [-0.05, 0) is 52.1 Å². The van der Waals surface area contributed by atoms with Gasteiger partial charge in [-0.3, -0.25) is 14.4 Å². The van der Waals surface area contributed by atoms with Gasteiger partial charge in [0.2, 0.25) is 0 Å². The number of piperidine rings is 1. The number of aromatic nitrogens is 2. The lowest BCUT2D eigenvalue weighted by molar-refractivity contribution is -0.151. The van der Waals surface area contributed by atoms with Crippen molar-refractivity contribution in [1.82, 2.24) is 14.7 Å². The number of rotatable bonds is 4. The highest BCUT2D eigenvalue weighted by atomic mass is 16.4. The molecule has 1 N–H and O–H groups in total. The average Bonchev–Trinajstić information content (AvgIpc) is 2.68. The molecule has 2 heterocycles. The van der Waals surface area contributed by atoms with E-state index in [2.05, 4.69) is 16.1 Å². The molecule has 1 fully saturated rings. The van der Waals surface area contributed by atoms with Gasteiger partial charge in [-0.25, -0.2) is 0 Å². The van der Waals surface area contributed by atoms with Gasteiger partial charge in [-0.2, -0.15) is 5.10 Å². The number of likely N-dealkylation sites (tertiary alicyclic amines) is 1. The summed E-state index contributed by atoms with van der Waals surface area (Å²) < 4.78 is 1.92. The second-order valence-electron chi connectivity index (χ2n) is 6.50. The molecule has 0 radical (unpaired) electrons. The summed E-state index contributed by atoms with van der Waals surface area (Å²) >= 11 is 0. The first-order valence-corrected chi connectivity index (χ1v) is 7.26. The predicted molar refractivity (Wildman–Crippen MR) is 77.4 cm³/mol. The minimum Gasteiger partial charge on any atom is -0.481 e. The summed E-state index contributed by atoms with van der Waals surface area (Å²) in [6.45, 7) is 8.43. The Hall–Kier alpha value is -1.36. The SMILES string of the molecule is Cc1cc(CN2CCCC(C(C)(C)C(=O)O)C2)n(C)n1. The van der Waals surface area contributed by atoms with Crippen LogP contribution in [0.2, 0.25) is 0 Å². The van der Waals surface area contributed by atoms with Crippen LogP contribution in [-0.4, -0.2) is 38.8 Å². The minimum atomic E-state index is -0.694. The summed E-state index contributed by atoms with van der Waals surface area (Å²) in [7, 11) is 1.96. The highest BCUT2D eigenvalue weighted by Crippen LogP contribution is 2.34. The fourth-order valence-electron chi connectivity index (χ4n) is 3.00. The van der Waals surface area contributed by atoms with E-state index in [9.17, 15) is 9.90 Å². The third-order valence-electron chi connectivity index (χ3n) is 4.56. The molecular formula is C15H25N3O2. The van der Waals surface area contributed by atoms with Crippen molar-refractivity contribution in [3.05, 3.63) is 17.5 Å². The van der Waals surface area contributed by atoms with Crippen molar-refractivity contribution in [3.8, 4) is 0 Å². The summed E-state index contributed by atoms with van der Waals surface area (Å²) in [6, 6.07) is 2.10. The Morgan fingerprint density at radius 3 is 2.80 bits per heavy atom. The molecule has 1 aromatic heterocycles. The van der Waals surface area contributed by atoms with Crippen LogP contribution >= 0.6 is 0 Å². The lowest BCUT2D eigenvalue weighted by Crippen LogP contribution is -2.44. The van der Waals surface area contributed by atoms with Crippen LogP contribution in [0.25, 0.3) is 0 Å². The summed E-state index contributed by atoms with van der Waals surface area (Å²) in [5.41, 5.74) is 1.57. The van der Waals surface area contributed by atoms with Gasteiger partial charge < -0.3 is 5.11 Å². The van der Waals surface area contributed by atoms with Crippen LogP contribution in [0.1, 0.15) is 38.1 Å². The standard InChI is InChI=1S/C15H25N3O2/c1-11-8-13(17(4)16-11)10-18-7-5-6-12(9-18)15(2,3)14(19)20/h8,12H,5-7,9-10H2,1-4H3,(H,19,20). The molecule has 0 spiro atoms. The molecule has 20 heavy (non-hydrogen) atoms. The van der Waals surface area contributed by atoms with Crippen LogP contribution < -0.4 is 0 Å². The summed E-state index contributed by atoms with van der Waals surface area (Å²) in [4.78, 5) is 13.8. The van der Waals surface area contributed by atoms with Gasteiger partial charge in [-0.15, -0.1) is 0 Å². The van der Waals surface area contributed by atoms with Gasteiger partial charge in [0.1, 0.15) is 0 Å². The number of nitrogens with zero attached hydrogens (tertiary/aromatic N) is 3. The van der Waals surface area contributed by atoms with E-state index >= 15 is 0 Å². The van der Waals surface area contributed by atoms with Crippen LogP contribution in [0.4, 0.5) is 0 Å². The maximum atomic E-state index is 11.4. The van der Waals surface area contributed by atoms with E-state index in [1.54, 1.807) is 0 Å². The molecule has 112 valence electrons. The first kappa shape index (κ1) is 15.0. The Morgan fingerprint density at radius 1 is 1.55 bits per heavy atom. The molecule has 1 saturated heterocycles. The molecule has 5 heteroatoms. The normalized spacial score (nSPS) is 21.1.